The van der Waals surface area contributed by atoms with E-state index in [1.165, 1.54) is 0 Å². The van der Waals surface area contributed by atoms with Crippen LogP contribution in [-0.4, -0.2) is 4.98 Å². The van der Waals surface area contributed by atoms with E-state index in [0.29, 0.717) is 26.2 Å². The second-order valence-corrected chi connectivity index (χ2v) is 4.92. The summed E-state index contributed by atoms with van der Waals surface area (Å²) in [6.45, 7) is 1.87. The number of hydrogen-bond donors (Lipinski definition) is 1. The predicted molar refractivity (Wildman–Crippen MR) is 72.3 cm³/mol. The topological polar surface area (TPSA) is 32.9 Å². The van der Waals surface area contributed by atoms with Crippen molar-refractivity contribution in [3.8, 4) is 11.1 Å². The fraction of sp³-hybridized carbons (Fsp3) is 0.0833. The lowest BCUT2D eigenvalue weighted by Gasteiger charge is -2.07. The summed E-state index contributed by atoms with van der Waals surface area (Å²) in [5, 5.41) is 1.16. The SMILES string of the molecule is Cc1c[nH]c(=O)c(-c2c(Cl)cc(Cl)cc2Cl)c1. The molecule has 0 spiro atoms. The summed E-state index contributed by atoms with van der Waals surface area (Å²) in [7, 11) is 0. The van der Waals surface area contributed by atoms with Crippen molar-refractivity contribution in [2.45, 2.75) is 6.92 Å². The smallest absolute Gasteiger partial charge is 0.255 e. The average molecular weight is 289 g/mol. The largest absolute Gasteiger partial charge is 0.328 e. The molecule has 0 bridgehead atoms. The van der Waals surface area contributed by atoms with Crippen LogP contribution >= 0.6 is 34.8 Å². The third kappa shape index (κ3) is 2.49. The zero-order valence-electron chi connectivity index (χ0n) is 8.85. The number of halogens is 3. The molecule has 0 fully saturated rings. The Balaban J connectivity index is 2.77. The Morgan fingerprint density at radius 2 is 1.65 bits per heavy atom. The molecule has 88 valence electrons. The van der Waals surface area contributed by atoms with E-state index >= 15 is 0 Å². The van der Waals surface area contributed by atoms with Gasteiger partial charge in [0.1, 0.15) is 0 Å². The highest BCUT2D eigenvalue weighted by atomic mass is 35.5. The quantitative estimate of drug-likeness (QED) is 0.833. The van der Waals surface area contributed by atoms with Crippen molar-refractivity contribution < 1.29 is 0 Å². The van der Waals surface area contributed by atoms with E-state index in [1.807, 2.05) is 6.92 Å². The number of nitrogens with one attached hydrogen (secondary N) is 1. The molecule has 2 nitrogen and oxygen atoms in total. The highest BCUT2D eigenvalue weighted by Gasteiger charge is 2.13. The van der Waals surface area contributed by atoms with E-state index in [2.05, 4.69) is 4.98 Å². The minimum absolute atomic E-state index is 0.235. The van der Waals surface area contributed by atoms with Crippen LogP contribution in [0.5, 0.6) is 0 Å². The van der Waals surface area contributed by atoms with Crippen molar-refractivity contribution in [3.63, 3.8) is 0 Å². The van der Waals surface area contributed by atoms with Gasteiger partial charge in [-0.3, -0.25) is 4.79 Å². The molecule has 0 radical (unpaired) electrons. The van der Waals surface area contributed by atoms with Gasteiger partial charge >= 0.3 is 0 Å². The summed E-state index contributed by atoms with van der Waals surface area (Å²) in [5.74, 6) is 0. The normalized spacial score (nSPS) is 10.6. The minimum Gasteiger partial charge on any atom is -0.328 e. The molecule has 0 unspecified atom stereocenters. The zero-order chi connectivity index (χ0) is 12.6. The van der Waals surface area contributed by atoms with E-state index in [0.717, 1.165) is 5.56 Å². The van der Waals surface area contributed by atoms with Crippen molar-refractivity contribution in [2.75, 3.05) is 0 Å². The molecule has 1 N–H and O–H groups in total. The predicted octanol–water partition coefficient (Wildman–Crippen LogP) is 4.31. The average Bonchev–Trinajstić information content (AvgIpc) is 2.21. The molecule has 0 saturated heterocycles. The maximum absolute atomic E-state index is 11.8. The standard InChI is InChI=1S/C12H8Cl3NO/c1-6-2-8(12(17)16-5-6)11-9(14)3-7(13)4-10(11)15/h2-5H,1H3,(H,16,17). The lowest BCUT2D eigenvalue weighted by molar-refractivity contribution is 1.20. The van der Waals surface area contributed by atoms with Crippen molar-refractivity contribution in [1.29, 1.82) is 0 Å². The molecule has 2 rings (SSSR count). The summed E-state index contributed by atoms with van der Waals surface area (Å²) in [4.78, 5) is 14.4. The van der Waals surface area contributed by atoms with Gasteiger partial charge in [0, 0.05) is 16.8 Å². The Labute approximate surface area is 113 Å². The van der Waals surface area contributed by atoms with E-state index < -0.39 is 0 Å². The fourth-order valence-corrected chi connectivity index (χ4v) is 2.60. The van der Waals surface area contributed by atoms with Gasteiger partial charge in [-0.15, -0.1) is 0 Å². The molecule has 0 aliphatic rings. The number of aromatic nitrogens is 1. The van der Waals surface area contributed by atoms with E-state index in [4.69, 9.17) is 34.8 Å². The minimum atomic E-state index is -0.235. The van der Waals surface area contributed by atoms with Gasteiger partial charge in [0.15, 0.2) is 0 Å². The van der Waals surface area contributed by atoms with Gasteiger partial charge < -0.3 is 4.98 Å². The third-order valence-corrected chi connectivity index (χ3v) is 3.14. The van der Waals surface area contributed by atoms with Gasteiger partial charge in [0.25, 0.3) is 5.56 Å². The lowest BCUT2D eigenvalue weighted by atomic mass is 10.1. The number of pyridine rings is 1. The second kappa shape index (κ2) is 4.73. The first kappa shape index (κ1) is 12.5. The first-order valence-electron chi connectivity index (χ1n) is 4.83. The van der Waals surface area contributed by atoms with Gasteiger partial charge in [-0.05, 0) is 30.7 Å². The first-order valence-corrected chi connectivity index (χ1v) is 5.96. The Bertz CT molecular complexity index is 611. The van der Waals surface area contributed by atoms with Crippen molar-refractivity contribution in [3.05, 3.63) is 55.4 Å². The monoisotopic (exact) mass is 287 g/mol. The Hall–Kier alpha value is -0.960. The van der Waals surface area contributed by atoms with Crippen LogP contribution in [0.2, 0.25) is 15.1 Å². The Morgan fingerprint density at radius 1 is 1.06 bits per heavy atom. The molecule has 2 aromatic rings. The lowest BCUT2D eigenvalue weighted by Crippen LogP contribution is -2.08. The number of rotatable bonds is 1. The van der Waals surface area contributed by atoms with Gasteiger partial charge in [-0.2, -0.15) is 0 Å². The number of aromatic amines is 1. The first-order chi connectivity index (χ1) is 7.99. The van der Waals surface area contributed by atoms with Crippen LogP contribution in [0.1, 0.15) is 5.56 Å². The fourth-order valence-electron chi connectivity index (χ4n) is 1.58. The molecule has 17 heavy (non-hydrogen) atoms. The summed E-state index contributed by atoms with van der Waals surface area (Å²) in [5.41, 5.74) is 1.63. The number of aryl methyl sites for hydroxylation is 1. The van der Waals surface area contributed by atoms with E-state index in [1.54, 1.807) is 24.4 Å². The summed E-state index contributed by atoms with van der Waals surface area (Å²) >= 11 is 18.0. The van der Waals surface area contributed by atoms with Gasteiger partial charge in [0.05, 0.1) is 15.6 Å². The van der Waals surface area contributed by atoms with Crippen LogP contribution in [0.25, 0.3) is 11.1 Å². The van der Waals surface area contributed by atoms with Crippen molar-refractivity contribution in [1.82, 2.24) is 4.98 Å². The van der Waals surface area contributed by atoms with E-state index in [9.17, 15) is 4.79 Å². The van der Waals surface area contributed by atoms with Crippen LogP contribution in [0.15, 0.2) is 29.2 Å². The maximum atomic E-state index is 11.8. The molecule has 1 aromatic heterocycles. The second-order valence-electron chi connectivity index (χ2n) is 3.66. The summed E-state index contributed by atoms with van der Waals surface area (Å²) in [6.07, 6.45) is 1.63. The number of hydrogen-bond acceptors (Lipinski definition) is 1. The third-order valence-electron chi connectivity index (χ3n) is 2.32. The molecule has 0 amide bonds. The molecule has 0 atom stereocenters. The summed E-state index contributed by atoms with van der Waals surface area (Å²) in [6, 6.07) is 4.86. The molecular weight excluding hydrogens is 280 g/mol. The number of benzene rings is 1. The Morgan fingerprint density at radius 3 is 2.24 bits per heavy atom. The molecule has 0 saturated carbocycles. The van der Waals surface area contributed by atoms with Gasteiger partial charge in [-0.1, -0.05) is 34.8 Å². The highest BCUT2D eigenvalue weighted by Crippen LogP contribution is 2.35. The molecular formula is C12H8Cl3NO. The molecule has 0 aliphatic heterocycles. The summed E-state index contributed by atoms with van der Waals surface area (Å²) < 4.78 is 0. The van der Waals surface area contributed by atoms with Crippen LogP contribution in [0.4, 0.5) is 0 Å². The Kier molecular flexibility index (Phi) is 3.48. The van der Waals surface area contributed by atoms with Crippen molar-refractivity contribution in [2.24, 2.45) is 0 Å². The van der Waals surface area contributed by atoms with Crippen LogP contribution in [0, 0.1) is 6.92 Å². The number of H-pyrrole nitrogens is 1. The van der Waals surface area contributed by atoms with Crippen LogP contribution < -0.4 is 5.56 Å². The van der Waals surface area contributed by atoms with Crippen molar-refractivity contribution >= 4 is 34.8 Å². The van der Waals surface area contributed by atoms with Crippen LogP contribution in [0.3, 0.4) is 0 Å². The maximum Gasteiger partial charge on any atom is 0.255 e. The molecule has 0 aliphatic carbocycles. The van der Waals surface area contributed by atoms with E-state index in [-0.39, 0.29) is 5.56 Å². The molecule has 1 heterocycles. The molecule has 1 aromatic carbocycles. The van der Waals surface area contributed by atoms with Gasteiger partial charge in [-0.25, -0.2) is 0 Å². The molecule has 5 heteroatoms. The highest BCUT2D eigenvalue weighted by molar-refractivity contribution is 6.41. The van der Waals surface area contributed by atoms with Gasteiger partial charge in [0.2, 0.25) is 0 Å². The van der Waals surface area contributed by atoms with Crippen LogP contribution in [-0.2, 0) is 0 Å². The zero-order valence-corrected chi connectivity index (χ0v) is 11.1.